The van der Waals surface area contributed by atoms with E-state index in [0.717, 1.165) is 34.6 Å². The molecule has 0 fully saturated rings. The molecule has 1 atom stereocenters. The SMILES string of the molecule is CCCc1nc(NC)cc(NC(C)c2ccc(Cl)s2)n1. The number of hydrogen-bond acceptors (Lipinski definition) is 5. The van der Waals surface area contributed by atoms with Crippen molar-refractivity contribution in [3.05, 3.63) is 33.2 Å². The summed E-state index contributed by atoms with van der Waals surface area (Å²) in [5.74, 6) is 2.53. The zero-order valence-corrected chi connectivity index (χ0v) is 13.5. The second kappa shape index (κ2) is 6.90. The molecule has 0 aliphatic rings. The average molecular weight is 311 g/mol. The third kappa shape index (κ3) is 3.84. The van der Waals surface area contributed by atoms with Gasteiger partial charge >= 0.3 is 0 Å². The van der Waals surface area contributed by atoms with Crippen LogP contribution < -0.4 is 10.6 Å². The van der Waals surface area contributed by atoms with E-state index in [1.54, 1.807) is 11.3 Å². The molecule has 108 valence electrons. The van der Waals surface area contributed by atoms with E-state index in [2.05, 4.69) is 34.4 Å². The molecule has 0 aromatic carbocycles. The summed E-state index contributed by atoms with van der Waals surface area (Å²) in [6.07, 6.45) is 1.91. The van der Waals surface area contributed by atoms with Gasteiger partial charge in [-0.15, -0.1) is 11.3 Å². The van der Waals surface area contributed by atoms with Crippen molar-refractivity contribution in [1.29, 1.82) is 0 Å². The Kier molecular flexibility index (Phi) is 5.20. The van der Waals surface area contributed by atoms with Crippen molar-refractivity contribution in [3.63, 3.8) is 0 Å². The monoisotopic (exact) mass is 310 g/mol. The van der Waals surface area contributed by atoms with Crippen molar-refractivity contribution in [1.82, 2.24) is 9.97 Å². The zero-order chi connectivity index (χ0) is 14.5. The molecule has 0 radical (unpaired) electrons. The van der Waals surface area contributed by atoms with Crippen LogP contribution in [-0.4, -0.2) is 17.0 Å². The summed E-state index contributed by atoms with van der Waals surface area (Å²) in [7, 11) is 1.87. The highest BCUT2D eigenvalue weighted by Crippen LogP contribution is 2.28. The summed E-state index contributed by atoms with van der Waals surface area (Å²) in [5, 5.41) is 6.48. The molecular formula is C14H19ClN4S. The van der Waals surface area contributed by atoms with Gasteiger partial charge in [-0.05, 0) is 25.5 Å². The summed E-state index contributed by atoms with van der Waals surface area (Å²) < 4.78 is 0.805. The summed E-state index contributed by atoms with van der Waals surface area (Å²) in [5.41, 5.74) is 0. The van der Waals surface area contributed by atoms with Crippen LogP contribution >= 0.6 is 22.9 Å². The smallest absolute Gasteiger partial charge is 0.133 e. The molecule has 0 bridgehead atoms. The molecule has 2 heterocycles. The number of anilines is 2. The lowest BCUT2D eigenvalue weighted by atomic mass is 10.2. The maximum absolute atomic E-state index is 5.98. The predicted octanol–water partition coefficient (Wildman–Crippen LogP) is 4.36. The van der Waals surface area contributed by atoms with Crippen molar-refractivity contribution in [2.75, 3.05) is 17.7 Å². The van der Waals surface area contributed by atoms with E-state index >= 15 is 0 Å². The lowest BCUT2D eigenvalue weighted by Crippen LogP contribution is -2.09. The van der Waals surface area contributed by atoms with Gasteiger partial charge in [-0.2, -0.15) is 0 Å². The minimum absolute atomic E-state index is 0.168. The molecule has 2 aromatic rings. The summed E-state index contributed by atoms with van der Waals surface area (Å²) in [6.45, 7) is 4.22. The fourth-order valence-corrected chi connectivity index (χ4v) is 2.95. The number of aromatic nitrogens is 2. The molecule has 0 spiro atoms. The minimum Gasteiger partial charge on any atom is -0.373 e. The average Bonchev–Trinajstić information content (AvgIpc) is 2.85. The highest BCUT2D eigenvalue weighted by atomic mass is 35.5. The Morgan fingerprint density at radius 1 is 1.30 bits per heavy atom. The van der Waals surface area contributed by atoms with Crippen LogP contribution in [0.4, 0.5) is 11.6 Å². The Balaban J connectivity index is 2.17. The molecule has 2 aromatic heterocycles. The van der Waals surface area contributed by atoms with Crippen molar-refractivity contribution in [2.45, 2.75) is 32.7 Å². The Hall–Kier alpha value is -1.33. The fourth-order valence-electron chi connectivity index (χ4n) is 1.89. The van der Waals surface area contributed by atoms with Crippen LogP contribution in [0.2, 0.25) is 4.34 Å². The third-order valence-corrected chi connectivity index (χ3v) is 4.30. The first-order chi connectivity index (χ1) is 9.62. The van der Waals surface area contributed by atoms with E-state index in [-0.39, 0.29) is 6.04 Å². The van der Waals surface area contributed by atoms with Crippen LogP contribution in [-0.2, 0) is 6.42 Å². The van der Waals surface area contributed by atoms with Gasteiger partial charge in [0, 0.05) is 24.4 Å². The minimum atomic E-state index is 0.168. The lowest BCUT2D eigenvalue weighted by Gasteiger charge is -2.14. The van der Waals surface area contributed by atoms with Crippen molar-refractivity contribution in [2.24, 2.45) is 0 Å². The molecule has 0 aliphatic carbocycles. The van der Waals surface area contributed by atoms with E-state index in [1.165, 1.54) is 4.88 Å². The van der Waals surface area contributed by atoms with Gasteiger partial charge in [0.05, 0.1) is 10.4 Å². The highest BCUT2D eigenvalue weighted by Gasteiger charge is 2.10. The van der Waals surface area contributed by atoms with Crippen LogP contribution in [0.5, 0.6) is 0 Å². The van der Waals surface area contributed by atoms with Crippen molar-refractivity contribution >= 4 is 34.6 Å². The number of nitrogens with zero attached hydrogens (tertiary/aromatic N) is 2. The molecule has 4 nitrogen and oxygen atoms in total. The van der Waals surface area contributed by atoms with Gasteiger partial charge in [0.25, 0.3) is 0 Å². The Morgan fingerprint density at radius 2 is 2.05 bits per heavy atom. The third-order valence-electron chi connectivity index (χ3n) is 2.89. The topological polar surface area (TPSA) is 49.8 Å². The first-order valence-electron chi connectivity index (χ1n) is 6.70. The van der Waals surface area contributed by atoms with Crippen LogP contribution in [0.15, 0.2) is 18.2 Å². The number of aryl methyl sites for hydroxylation is 1. The van der Waals surface area contributed by atoms with Gasteiger partial charge in [0.1, 0.15) is 17.5 Å². The maximum Gasteiger partial charge on any atom is 0.133 e. The van der Waals surface area contributed by atoms with E-state index in [9.17, 15) is 0 Å². The van der Waals surface area contributed by atoms with Gasteiger partial charge in [-0.25, -0.2) is 9.97 Å². The van der Waals surface area contributed by atoms with Crippen LogP contribution in [0.3, 0.4) is 0 Å². The summed E-state index contributed by atoms with van der Waals surface area (Å²) in [4.78, 5) is 10.2. The number of halogens is 1. The molecule has 0 saturated carbocycles. The molecule has 6 heteroatoms. The first-order valence-corrected chi connectivity index (χ1v) is 7.89. The van der Waals surface area contributed by atoms with Crippen LogP contribution in [0.25, 0.3) is 0 Å². The Morgan fingerprint density at radius 3 is 2.65 bits per heavy atom. The number of hydrogen-bond donors (Lipinski definition) is 2. The second-order valence-electron chi connectivity index (χ2n) is 4.56. The normalized spacial score (nSPS) is 12.2. The first kappa shape index (κ1) is 15.1. The zero-order valence-electron chi connectivity index (χ0n) is 11.9. The van der Waals surface area contributed by atoms with E-state index in [0.29, 0.717) is 0 Å². The molecule has 0 saturated heterocycles. The molecule has 0 amide bonds. The largest absolute Gasteiger partial charge is 0.373 e. The molecule has 1 unspecified atom stereocenters. The lowest BCUT2D eigenvalue weighted by molar-refractivity contribution is 0.824. The predicted molar refractivity (Wildman–Crippen MR) is 86.9 cm³/mol. The van der Waals surface area contributed by atoms with Crippen LogP contribution in [0, 0.1) is 0 Å². The summed E-state index contributed by atoms with van der Waals surface area (Å²) >= 11 is 7.56. The maximum atomic E-state index is 5.98. The standard InChI is InChI=1S/C14H19ClN4S/c1-4-5-12-18-13(16-3)8-14(19-12)17-9(2)10-6-7-11(15)20-10/h6-9H,4-5H2,1-3H3,(H2,16,17,18,19). The highest BCUT2D eigenvalue weighted by molar-refractivity contribution is 7.16. The van der Waals surface area contributed by atoms with Gasteiger partial charge in [0.15, 0.2) is 0 Å². The van der Waals surface area contributed by atoms with Crippen molar-refractivity contribution < 1.29 is 0 Å². The molecular weight excluding hydrogens is 292 g/mol. The van der Waals surface area contributed by atoms with Gasteiger partial charge in [-0.1, -0.05) is 18.5 Å². The van der Waals surface area contributed by atoms with Crippen molar-refractivity contribution in [3.8, 4) is 0 Å². The van der Waals surface area contributed by atoms with E-state index in [1.807, 2.05) is 25.2 Å². The quantitative estimate of drug-likeness (QED) is 0.832. The second-order valence-corrected chi connectivity index (χ2v) is 6.31. The van der Waals surface area contributed by atoms with Crippen LogP contribution in [0.1, 0.15) is 37.0 Å². The Labute approximate surface area is 128 Å². The van der Waals surface area contributed by atoms with Gasteiger partial charge < -0.3 is 10.6 Å². The van der Waals surface area contributed by atoms with Gasteiger partial charge in [-0.3, -0.25) is 0 Å². The molecule has 20 heavy (non-hydrogen) atoms. The van der Waals surface area contributed by atoms with Gasteiger partial charge in [0.2, 0.25) is 0 Å². The summed E-state index contributed by atoms with van der Waals surface area (Å²) in [6, 6.07) is 6.05. The fraction of sp³-hybridized carbons (Fsp3) is 0.429. The Bertz CT molecular complexity index is 570. The van der Waals surface area contributed by atoms with E-state index in [4.69, 9.17) is 11.6 Å². The molecule has 2 N–H and O–H groups in total. The number of nitrogens with one attached hydrogen (secondary N) is 2. The molecule has 2 rings (SSSR count). The van der Waals surface area contributed by atoms with E-state index < -0.39 is 0 Å². The number of thiophene rings is 1. The molecule has 0 aliphatic heterocycles. The number of rotatable bonds is 6.